The maximum atomic E-state index is 6.31. The van der Waals surface area contributed by atoms with Crippen molar-refractivity contribution in [3.63, 3.8) is 0 Å². The average molecular weight is 414 g/mol. The molecular weight excluding hydrogens is 383 g/mol. The molecule has 0 N–H and O–H groups in total. The molecule has 2 aliphatic rings. The molecule has 4 nitrogen and oxygen atoms in total. The van der Waals surface area contributed by atoms with Crippen molar-refractivity contribution in [2.75, 3.05) is 25.0 Å². The van der Waals surface area contributed by atoms with E-state index in [4.69, 9.17) is 9.31 Å². The normalized spacial score (nSPS) is 20.7. The predicted molar refractivity (Wildman–Crippen MR) is 129 cm³/mol. The first-order valence-electron chi connectivity index (χ1n) is 11.2. The Morgan fingerprint density at radius 3 is 2.26 bits per heavy atom. The van der Waals surface area contributed by atoms with E-state index in [2.05, 4.69) is 105 Å². The van der Waals surface area contributed by atoms with Crippen LogP contribution in [0.1, 0.15) is 33.3 Å². The van der Waals surface area contributed by atoms with Gasteiger partial charge in [-0.05, 0) is 74.7 Å². The highest BCUT2D eigenvalue weighted by Crippen LogP contribution is 2.37. The molecule has 0 bridgehead atoms. The fourth-order valence-corrected chi connectivity index (χ4v) is 4.49. The average Bonchev–Trinajstić information content (AvgIpc) is 2.85. The maximum absolute atomic E-state index is 6.31. The molecular formula is C26H31BN2O2. The third kappa shape index (κ3) is 3.65. The van der Waals surface area contributed by atoms with Gasteiger partial charge in [0.25, 0.3) is 0 Å². The lowest BCUT2D eigenvalue weighted by atomic mass is 9.78. The van der Waals surface area contributed by atoms with Crippen LogP contribution in [0.5, 0.6) is 0 Å². The molecule has 0 atom stereocenters. The standard InChI is InChI=1S/C26H31BN2O2/c1-25(2)26(3,4)31-27(30-25)22-11-13-24-21(16-22)18-28(5)14-15-29(24)23-12-10-19-8-6-7-9-20(19)17-23/h6-13,16-17H,14-15,18H2,1-5H3. The largest absolute Gasteiger partial charge is 0.494 e. The Balaban J connectivity index is 1.53. The Morgan fingerprint density at radius 1 is 0.806 bits per heavy atom. The second kappa shape index (κ2) is 7.37. The van der Waals surface area contributed by atoms with Crippen LogP contribution in [-0.2, 0) is 15.9 Å². The van der Waals surface area contributed by atoms with Gasteiger partial charge in [-0.25, -0.2) is 0 Å². The zero-order valence-electron chi connectivity index (χ0n) is 19.2. The predicted octanol–water partition coefficient (Wildman–Crippen LogP) is 4.72. The summed E-state index contributed by atoms with van der Waals surface area (Å²) in [5.74, 6) is 0. The highest BCUT2D eigenvalue weighted by Gasteiger charge is 2.51. The molecule has 3 aromatic carbocycles. The molecule has 0 aliphatic carbocycles. The SMILES string of the molecule is CN1CCN(c2ccc3ccccc3c2)c2ccc(B3OC(C)(C)C(C)(C)O3)cc2C1. The van der Waals surface area contributed by atoms with E-state index in [0.29, 0.717) is 0 Å². The third-order valence-electron chi connectivity index (χ3n) is 7.11. The number of rotatable bonds is 2. The molecule has 0 aromatic heterocycles. The molecule has 5 heteroatoms. The van der Waals surface area contributed by atoms with Crippen LogP contribution in [0.25, 0.3) is 10.8 Å². The summed E-state index contributed by atoms with van der Waals surface area (Å²) < 4.78 is 12.6. The first-order valence-corrected chi connectivity index (χ1v) is 11.2. The number of anilines is 2. The van der Waals surface area contributed by atoms with Crippen LogP contribution in [0.2, 0.25) is 0 Å². The second-order valence-corrected chi connectivity index (χ2v) is 9.90. The third-order valence-corrected chi connectivity index (χ3v) is 7.11. The lowest BCUT2D eigenvalue weighted by Crippen LogP contribution is -2.41. The van der Waals surface area contributed by atoms with Crippen molar-refractivity contribution in [2.24, 2.45) is 0 Å². The molecule has 0 saturated carbocycles. The Bertz CT molecular complexity index is 1110. The number of fused-ring (bicyclic) bond motifs is 2. The first-order chi connectivity index (χ1) is 14.7. The summed E-state index contributed by atoms with van der Waals surface area (Å²) in [6, 6.07) is 22.0. The molecule has 1 saturated heterocycles. The second-order valence-electron chi connectivity index (χ2n) is 9.90. The van der Waals surface area contributed by atoms with Crippen LogP contribution in [0.3, 0.4) is 0 Å². The topological polar surface area (TPSA) is 24.9 Å². The van der Waals surface area contributed by atoms with E-state index in [9.17, 15) is 0 Å². The van der Waals surface area contributed by atoms with E-state index in [1.54, 1.807) is 0 Å². The van der Waals surface area contributed by atoms with Gasteiger partial charge in [0.2, 0.25) is 0 Å². The van der Waals surface area contributed by atoms with Crippen molar-refractivity contribution >= 4 is 34.7 Å². The zero-order chi connectivity index (χ0) is 21.8. The molecule has 2 heterocycles. The van der Waals surface area contributed by atoms with Crippen molar-refractivity contribution in [2.45, 2.75) is 45.4 Å². The number of hydrogen-bond acceptors (Lipinski definition) is 4. The van der Waals surface area contributed by atoms with Gasteiger partial charge in [0.05, 0.1) is 11.2 Å². The Labute approximate surface area is 185 Å². The summed E-state index contributed by atoms with van der Waals surface area (Å²) >= 11 is 0. The van der Waals surface area contributed by atoms with E-state index in [1.165, 1.54) is 27.7 Å². The smallest absolute Gasteiger partial charge is 0.399 e. The van der Waals surface area contributed by atoms with Gasteiger partial charge >= 0.3 is 7.12 Å². The summed E-state index contributed by atoms with van der Waals surface area (Å²) in [5.41, 5.74) is 4.22. The fraction of sp³-hybridized carbons (Fsp3) is 0.385. The highest BCUT2D eigenvalue weighted by atomic mass is 16.7. The van der Waals surface area contributed by atoms with Crippen LogP contribution >= 0.6 is 0 Å². The van der Waals surface area contributed by atoms with Crippen molar-refractivity contribution in [3.05, 3.63) is 66.2 Å². The monoisotopic (exact) mass is 414 g/mol. The van der Waals surface area contributed by atoms with Crippen LogP contribution in [0.4, 0.5) is 11.4 Å². The molecule has 0 amide bonds. The zero-order valence-corrected chi connectivity index (χ0v) is 19.2. The van der Waals surface area contributed by atoms with Gasteiger partial charge in [0.1, 0.15) is 0 Å². The summed E-state index contributed by atoms with van der Waals surface area (Å²) in [6.45, 7) is 11.3. The van der Waals surface area contributed by atoms with Crippen LogP contribution in [0, 0.1) is 0 Å². The highest BCUT2D eigenvalue weighted by molar-refractivity contribution is 6.62. The number of nitrogens with zero attached hydrogens (tertiary/aromatic N) is 2. The first kappa shape index (κ1) is 20.6. The molecule has 1 fully saturated rings. The lowest BCUT2D eigenvalue weighted by Gasteiger charge is -2.32. The van der Waals surface area contributed by atoms with Gasteiger partial charge in [-0.15, -0.1) is 0 Å². The Hall–Kier alpha value is -2.34. The van der Waals surface area contributed by atoms with Crippen molar-refractivity contribution < 1.29 is 9.31 Å². The van der Waals surface area contributed by atoms with Crippen LogP contribution in [0.15, 0.2) is 60.7 Å². The van der Waals surface area contributed by atoms with E-state index in [0.717, 1.165) is 25.1 Å². The molecule has 5 rings (SSSR count). The summed E-state index contributed by atoms with van der Waals surface area (Å²) in [4.78, 5) is 4.83. The summed E-state index contributed by atoms with van der Waals surface area (Å²) in [5, 5.41) is 2.54. The minimum atomic E-state index is -0.335. The fourth-order valence-electron chi connectivity index (χ4n) is 4.49. The van der Waals surface area contributed by atoms with Crippen LogP contribution in [-0.4, -0.2) is 43.4 Å². The molecule has 0 spiro atoms. The maximum Gasteiger partial charge on any atom is 0.494 e. The van der Waals surface area contributed by atoms with Crippen molar-refractivity contribution in [1.29, 1.82) is 0 Å². The van der Waals surface area contributed by atoms with E-state index in [1.807, 2.05) is 0 Å². The van der Waals surface area contributed by atoms with E-state index in [-0.39, 0.29) is 18.3 Å². The Kier molecular flexibility index (Phi) is 4.89. The van der Waals surface area contributed by atoms with Gasteiger partial charge in [-0.1, -0.05) is 42.5 Å². The molecule has 31 heavy (non-hydrogen) atoms. The number of likely N-dealkylation sites (N-methyl/N-ethyl adjacent to an activating group) is 1. The molecule has 160 valence electrons. The van der Waals surface area contributed by atoms with Crippen molar-refractivity contribution in [1.82, 2.24) is 4.90 Å². The van der Waals surface area contributed by atoms with Crippen LogP contribution < -0.4 is 10.4 Å². The molecule has 0 radical (unpaired) electrons. The number of hydrogen-bond donors (Lipinski definition) is 0. The molecule has 2 aliphatic heterocycles. The van der Waals surface area contributed by atoms with Gasteiger partial charge < -0.3 is 19.1 Å². The van der Waals surface area contributed by atoms with Crippen molar-refractivity contribution in [3.8, 4) is 0 Å². The molecule has 3 aromatic rings. The van der Waals surface area contributed by atoms with Gasteiger partial charge in [0.15, 0.2) is 0 Å². The minimum Gasteiger partial charge on any atom is -0.399 e. The summed E-state index contributed by atoms with van der Waals surface area (Å²) in [7, 11) is 1.85. The lowest BCUT2D eigenvalue weighted by molar-refractivity contribution is 0.00578. The summed E-state index contributed by atoms with van der Waals surface area (Å²) in [6.07, 6.45) is 0. The van der Waals surface area contributed by atoms with E-state index < -0.39 is 0 Å². The van der Waals surface area contributed by atoms with Gasteiger partial charge in [-0.3, -0.25) is 0 Å². The quantitative estimate of drug-likeness (QED) is 0.567. The van der Waals surface area contributed by atoms with Gasteiger partial charge in [-0.2, -0.15) is 0 Å². The minimum absolute atomic E-state index is 0.335. The number of benzene rings is 3. The Morgan fingerprint density at radius 2 is 1.52 bits per heavy atom. The molecule has 0 unspecified atom stereocenters. The van der Waals surface area contributed by atoms with Gasteiger partial charge in [0, 0.05) is 31.0 Å². The van der Waals surface area contributed by atoms with E-state index >= 15 is 0 Å².